The number of aromatic nitrogens is 2. The second-order valence-corrected chi connectivity index (χ2v) is 10.3. The molecule has 0 fully saturated rings. The van der Waals surface area contributed by atoms with E-state index in [0.717, 1.165) is 28.1 Å². The summed E-state index contributed by atoms with van der Waals surface area (Å²) in [6.45, 7) is 13.2. The van der Waals surface area contributed by atoms with Gasteiger partial charge in [0.15, 0.2) is 0 Å². The number of halogens is 1. The first-order valence-corrected chi connectivity index (χ1v) is 13.6. The summed E-state index contributed by atoms with van der Waals surface area (Å²) in [5.74, 6) is -0.451. The van der Waals surface area contributed by atoms with Gasteiger partial charge in [-0.25, -0.2) is 4.79 Å². The predicted molar refractivity (Wildman–Crippen MR) is 157 cm³/mol. The van der Waals surface area contributed by atoms with E-state index in [0.29, 0.717) is 30.7 Å². The molecule has 0 bridgehead atoms. The number of allylic oxidation sites excluding steroid dienone is 7. The second kappa shape index (κ2) is 11.4. The Morgan fingerprint density at radius 1 is 1.32 bits per heavy atom. The molecule has 0 atom stereocenters. The maximum absolute atomic E-state index is 12.9. The maximum atomic E-state index is 12.9. The van der Waals surface area contributed by atoms with E-state index in [2.05, 4.69) is 42.8 Å². The summed E-state index contributed by atoms with van der Waals surface area (Å²) in [7, 11) is 0. The van der Waals surface area contributed by atoms with E-state index in [1.54, 1.807) is 16.7 Å². The van der Waals surface area contributed by atoms with Gasteiger partial charge in [-0.3, -0.25) is 4.79 Å². The molecule has 2 aromatic rings. The van der Waals surface area contributed by atoms with Gasteiger partial charge in [0.2, 0.25) is 5.91 Å². The molecule has 0 radical (unpaired) electrons. The molecule has 2 aliphatic heterocycles. The molecule has 8 nitrogen and oxygen atoms in total. The van der Waals surface area contributed by atoms with Gasteiger partial charge in [0.05, 0.1) is 24.7 Å². The van der Waals surface area contributed by atoms with Crippen LogP contribution in [0.4, 0.5) is 5.69 Å². The van der Waals surface area contributed by atoms with Crippen molar-refractivity contribution < 1.29 is 14.5 Å². The quantitative estimate of drug-likeness (QED) is 0.309. The van der Waals surface area contributed by atoms with Crippen LogP contribution in [0.3, 0.4) is 0 Å². The van der Waals surface area contributed by atoms with Crippen molar-refractivity contribution in [2.45, 2.75) is 52.7 Å². The Labute approximate surface area is 238 Å². The number of benzene rings is 1. The molecule has 0 unspecified atom stereocenters. The third-order valence-corrected chi connectivity index (χ3v) is 7.63. The zero-order valence-corrected chi connectivity index (χ0v) is 23.9. The lowest BCUT2D eigenvalue weighted by atomic mass is 9.82. The number of nitrogens with zero attached hydrogens (tertiary/aromatic N) is 4. The van der Waals surface area contributed by atoms with Crippen LogP contribution in [0.25, 0.3) is 12.7 Å². The van der Waals surface area contributed by atoms with E-state index in [9.17, 15) is 20.0 Å². The third kappa shape index (κ3) is 5.01. The molecule has 2 aliphatic rings. The lowest BCUT2D eigenvalue weighted by molar-refractivity contribution is -0.717. The summed E-state index contributed by atoms with van der Waals surface area (Å²) in [5, 5.41) is 23.6. The molecule has 1 amide bonds. The summed E-state index contributed by atoms with van der Waals surface area (Å²) in [4.78, 5) is 26.6. The van der Waals surface area contributed by atoms with Crippen molar-refractivity contribution in [3.05, 3.63) is 97.7 Å². The molecule has 0 saturated carbocycles. The maximum Gasteiger partial charge on any atom is 0.348 e. The first-order valence-electron chi connectivity index (χ1n) is 13.1. The van der Waals surface area contributed by atoms with Gasteiger partial charge in [-0.2, -0.15) is 14.4 Å². The highest BCUT2D eigenvalue weighted by molar-refractivity contribution is 6.27. The number of nitriles is 1. The van der Waals surface area contributed by atoms with E-state index < -0.39 is 0 Å². The molecule has 40 heavy (non-hydrogen) atoms. The van der Waals surface area contributed by atoms with E-state index in [4.69, 9.17) is 11.6 Å². The molecule has 1 aromatic heterocycles. The number of alkyl halides is 1. The van der Waals surface area contributed by atoms with Crippen LogP contribution in [-0.2, 0) is 29.8 Å². The fourth-order valence-corrected chi connectivity index (χ4v) is 5.26. The Kier molecular flexibility index (Phi) is 8.17. The van der Waals surface area contributed by atoms with E-state index >= 15 is 0 Å². The predicted octanol–water partition coefficient (Wildman–Crippen LogP) is 2.51. The Morgan fingerprint density at radius 3 is 2.73 bits per heavy atom. The number of rotatable bonds is 7. The van der Waals surface area contributed by atoms with Crippen LogP contribution in [-0.4, -0.2) is 21.5 Å². The monoisotopic (exact) mass is 558 g/mol. The number of fused-ring (bicyclic) bond motifs is 3. The van der Waals surface area contributed by atoms with Gasteiger partial charge in [0.25, 0.3) is 11.4 Å². The Balaban J connectivity index is 1.71. The lowest BCUT2D eigenvalue weighted by Crippen LogP contribution is -2.61. The number of carbonyl (C=O) groups is 1. The van der Waals surface area contributed by atoms with Crippen LogP contribution in [0.1, 0.15) is 38.8 Å². The molecule has 9 heteroatoms. The van der Waals surface area contributed by atoms with Crippen LogP contribution in [0.2, 0.25) is 0 Å². The molecule has 0 saturated heterocycles. The van der Waals surface area contributed by atoms with Gasteiger partial charge < -0.3 is 15.3 Å². The molecule has 3 heterocycles. The van der Waals surface area contributed by atoms with Gasteiger partial charge in [0.1, 0.15) is 11.1 Å². The van der Waals surface area contributed by atoms with Gasteiger partial charge >= 0.3 is 5.56 Å². The van der Waals surface area contributed by atoms with E-state index in [1.807, 2.05) is 44.3 Å². The topological polar surface area (TPSA) is 102 Å². The van der Waals surface area contributed by atoms with Gasteiger partial charge in [-0.15, -0.1) is 11.6 Å². The molecule has 206 valence electrons. The lowest BCUT2D eigenvalue weighted by Gasteiger charge is -2.27. The highest BCUT2D eigenvalue weighted by Crippen LogP contribution is 2.50. The van der Waals surface area contributed by atoms with E-state index in [1.165, 1.54) is 10.6 Å². The van der Waals surface area contributed by atoms with Gasteiger partial charge in [-0.05, 0) is 67.5 Å². The number of amides is 1. The minimum absolute atomic E-state index is 0.0797. The standard InChI is InChI=1S/C31H32ClN5O3/c1-6-35-20(3)36(7-2)30(40)24(29(35)39)10-8-9-23(18-33)22-13-14-37-26-12-11-21(19-34-28(38)17-32)15-25(26)31(4,5)27(37)16-22/h8-16H,3,6-7,17,19H2,1-2,4-5H3,(H,34,38)/p+1/b9-8+,23-22+. The van der Waals surface area contributed by atoms with Crippen molar-refractivity contribution >= 4 is 35.9 Å². The van der Waals surface area contributed by atoms with Crippen LogP contribution in [0.15, 0.2) is 70.3 Å². The highest BCUT2D eigenvalue weighted by atomic mass is 35.5. The zero-order valence-electron chi connectivity index (χ0n) is 23.2. The molecular formula is C31H33ClN5O3+. The fourth-order valence-electron chi connectivity index (χ4n) is 5.16. The van der Waals surface area contributed by atoms with Crippen molar-refractivity contribution in [2.24, 2.45) is 0 Å². The molecule has 1 aromatic carbocycles. The number of anilines is 1. The van der Waals surface area contributed by atoms with Gasteiger partial charge in [0, 0.05) is 29.5 Å². The molecule has 0 aliphatic carbocycles. The normalized spacial score (nSPS) is 16.9. The highest BCUT2D eigenvalue weighted by Gasteiger charge is 2.40. The summed E-state index contributed by atoms with van der Waals surface area (Å²) < 4.78 is 3.08. The Morgan fingerprint density at radius 2 is 2.08 bits per heavy atom. The number of hydrogen-bond acceptors (Lipinski definition) is 5. The summed E-state index contributed by atoms with van der Waals surface area (Å²) >= 11 is 5.60. The van der Waals surface area contributed by atoms with Crippen LogP contribution >= 0.6 is 11.6 Å². The second-order valence-electron chi connectivity index (χ2n) is 10.1. The first kappa shape index (κ1) is 28.7. The minimum atomic E-state index is -0.352. The first-order chi connectivity index (χ1) is 19.1. The van der Waals surface area contributed by atoms with E-state index in [-0.39, 0.29) is 33.9 Å². The van der Waals surface area contributed by atoms with Crippen molar-refractivity contribution in [1.29, 1.82) is 5.26 Å². The number of carbonyl (C=O) groups excluding carboxylic acids is 1. The van der Waals surface area contributed by atoms with Crippen molar-refractivity contribution in [2.75, 3.05) is 10.8 Å². The fraction of sp³-hybridized carbons (Fsp3) is 0.290. The van der Waals surface area contributed by atoms with Crippen molar-refractivity contribution in [3.63, 3.8) is 0 Å². The summed E-state index contributed by atoms with van der Waals surface area (Å²) in [6.07, 6.45) is 10.6. The molecule has 0 spiro atoms. The molecule has 2 N–H and O–H groups in total. The van der Waals surface area contributed by atoms with Crippen LogP contribution in [0.5, 0.6) is 5.88 Å². The largest absolute Gasteiger partial charge is 0.477 e. The molecular weight excluding hydrogens is 526 g/mol. The summed E-state index contributed by atoms with van der Waals surface area (Å²) in [5.41, 5.74) is 5.05. The van der Waals surface area contributed by atoms with Crippen molar-refractivity contribution in [1.82, 2.24) is 9.88 Å². The number of aromatic hydroxyl groups is 1. The van der Waals surface area contributed by atoms with Crippen LogP contribution < -0.4 is 31.0 Å². The SMILES string of the molecule is C=c1n(CC)c(=O)/c(=C/C=C/C(C#N)=C2/C=CN3C(=C2)C(C)(C)c2cc(CNC(=O)CCl)ccc23)c(O)[n+]1CC. The summed E-state index contributed by atoms with van der Waals surface area (Å²) in [6, 6.07) is 8.37. The average Bonchev–Trinajstić information content (AvgIpc) is 3.17. The average molecular weight is 559 g/mol. The minimum Gasteiger partial charge on any atom is -0.477 e. The molecule has 4 rings (SSSR count). The Hall–Kier alpha value is -4.35. The van der Waals surface area contributed by atoms with Gasteiger partial charge in [-0.1, -0.05) is 32.1 Å². The zero-order chi connectivity index (χ0) is 29.2. The third-order valence-electron chi connectivity index (χ3n) is 7.39. The Bertz CT molecular complexity index is 1720. The number of hydrogen-bond donors (Lipinski definition) is 2. The number of nitrogens with one attached hydrogen (secondary N) is 1. The smallest absolute Gasteiger partial charge is 0.348 e. The van der Waals surface area contributed by atoms with Crippen molar-refractivity contribution in [3.8, 4) is 11.9 Å². The van der Waals surface area contributed by atoms with Crippen LogP contribution in [0, 0.1) is 11.3 Å².